The van der Waals surface area contributed by atoms with Gasteiger partial charge in [0.1, 0.15) is 17.9 Å². The molecule has 248 valence electrons. The molecule has 1 aliphatic carbocycles. The van der Waals surface area contributed by atoms with E-state index in [0.717, 1.165) is 69.2 Å². The van der Waals surface area contributed by atoms with Gasteiger partial charge in [0, 0.05) is 75.9 Å². The number of amides is 1. The van der Waals surface area contributed by atoms with E-state index in [1.54, 1.807) is 13.3 Å². The summed E-state index contributed by atoms with van der Waals surface area (Å²) in [5.41, 5.74) is 3.46. The monoisotopic (exact) mass is 639 g/mol. The van der Waals surface area contributed by atoms with Gasteiger partial charge in [-0.05, 0) is 62.3 Å². The second-order valence-electron chi connectivity index (χ2n) is 12.8. The van der Waals surface area contributed by atoms with E-state index in [9.17, 15) is 4.79 Å². The van der Waals surface area contributed by atoms with E-state index in [-0.39, 0.29) is 11.9 Å². The van der Waals surface area contributed by atoms with Crippen molar-refractivity contribution in [1.29, 1.82) is 0 Å². The first-order chi connectivity index (χ1) is 23.1. The zero-order valence-electron chi connectivity index (χ0n) is 27.2. The van der Waals surface area contributed by atoms with Gasteiger partial charge in [0.15, 0.2) is 5.82 Å². The van der Waals surface area contributed by atoms with Crippen LogP contribution in [-0.2, 0) is 16.1 Å². The summed E-state index contributed by atoms with van der Waals surface area (Å²) in [5.74, 6) is 1.64. The highest BCUT2D eigenvalue weighted by molar-refractivity contribution is 6.02. The van der Waals surface area contributed by atoms with Gasteiger partial charge in [0.05, 0.1) is 36.8 Å². The van der Waals surface area contributed by atoms with Gasteiger partial charge < -0.3 is 20.3 Å². The van der Waals surface area contributed by atoms with Crippen molar-refractivity contribution in [2.45, 2.75) is 56.7 Å². The van der Waals surface area contributed by atoms with Gasteiger partial charge in [0.25, 0.3) is 0 Å². The van der Waals surface area contributed by atoms with Crippen LogP contribution >= 0.6 is 0 Å². The Kier molecular flexibility index (Phi) is 9.50. The van der Waals surface area contributed by atoms with Crippen LogP contribution < -0.4 is 25.3 Å². The maximum Gasteiger partial charge on any atom is 0.247 e. The van der Waals surface area contributed by atoms with Crippen LogP contribution in [0.25, 0.3) is 0 Å². The summed E-state index contributed by atoms with van der Waals surface area (Å²) in [6.07, 6.45) is 13.1. The van der Waals surface area contributed by atoms with Gasteiger partial charge in [0.2, 0.25) is 5.91 Å². The number of piperazine rings is 1. The van der Waals surface area contributed by atoms with Crippen LogP contribution in [0.5, 0.6) is 5.75 Å². The number of nitrogens with one attached hydrogen (secondary N) is 2. The highest BCUT2D eigenvalue weighted by Gasteiger charge is 2.34. The second kappa shape index (κ2) is 14.2. The van der Waals surface area contributed by atoms with Crippen LogP contribution in [0.1, 0.15) is 37.7 Å². The average molecular weight is 640 g/mol. The number of benzene rings is 1. The molecule has 3 aromatic rings. The van der Waals surface area contributed by atoms with E-state index in [2.05, 4.69) is 52.9 Å². The normalized spacial score (nSPS) is 21.1. The average Bonchev–Trinajstić information content (AvgIpc) is 3.87. The van der Waals surface area contributed by atoms with Crippen molar-refractivity contribution in [3.05, 3.63) is 67.3 Å². The molecular weight excluding hydrogens is 594 g/mol. The number of anilines is 5. The predicted molar refractivity (Wildman–Crippen MR) is 183 cm³/mol. The second-order valence-corrected chi connectivity index (χ2v) is 12.8. The summed E-state index contributed by atoms with van der Waals surface area (Å²) in [6, 6.07) is 11.4. The number of aromatic nitrogens is 3. The first-order valence-electron chi connectivity index (χ1n) is 16.9. The van der Waals surface area contributed by atoms with E-state index in [4.69, 9.17) is 9.57 Å². The molecule has 1 aromatic carbocycles. The Morgan fingerprint density at radius 1 is 1.00 bits per heavy atom. The molecule has 4 fully saturated rings. The lowest BCUT2D eigenvalue weighted by atomic mass is 10.0. The van der Waals surface area contributed by atoms with Crippen LogP contribution in [0.15, 0.2) is 61.7 Å². The van der Waals surface area contributed by atoms with Gasteiger partial charge in [-0.3, -0.25) is 24.4 Å². The van der Waals surface area contributed by atoms with Gasteiger partial charge >= 0.3 is 0 Å². The summed E-state index contributed by atoms with van der Waals surface area (Å²) in [5, 5.41) is 8.31. The number of pyridine rings is 1. The van der Waals surface area contributed by atoms with E-state index in [1.165, 1.54) is 38.3 Å². The molecule has 1 atom stereocenters. The maximum atomic E-state index is 12.6. The van der Waals surface area contributed by atoms with Gasteiger partial charge in [-0.1, -0.05) is 12.6 Å². The number of hydrogen-bond acceptors (Lipinski definition) is 11. The zero-order valence-corrected chi connectivity index (χ0v) is 27.2. The first-order valence-corrected chi connectivity index (χ1v) is 16.9. The molecule has 0 spiro atoms. The number of methoxy groups -OCH3 is 1. The zero-order chi connectivity index (χ0) is 32.2. The summed E-state index contributed by atoms with van der Waals surface area (Å²) in [6.45, 7) is 10.8. The molecule has 5 heterocycles. The molecule has 12 heteroatoms. The third-order valence-electron chi connectivity index (χ3n) is 9.84. The minimum Gasteiger partial charge on any atom is -0.494 e. The predicted octanol–water partition coefficient (Wildman–Crippen LogP) is 4.25. The van der Waals surface area contributed by atoms with Crippen LogP contribution in [0.3, 0.4) is 0 Å². The summed E-state index contributed by atoms with van der Waals surface area (Å²) in [7, 11) is 1.66. The molecule has 0 bridgehead atoms. The van der Waals surface area contributed by atoms with Gasteiger partial charge in [-0.2, -0.15) is 0 Å². The SMILES string of the molecule is C=CC(=O)Nc1cc(Nc2cc(N3OCCC3Cc3cccnc3)ncn2)c(OC)cc1N1CCC(N2CCN(C3CC3)CC2)CC1. The van der Waals surface area contributed by atoms with E-state index < -0.39 is 0 Å². The smallest absolute Gasteiger partial charge is 0.247 e. The number of hydroxylamine groups is 1. The number of piperidine rings is 1. The van der Waals surface area contributed by atoms with Crippen LogP contribution in [0, 0.1) is 0 Å². The summed E-state index contributed by atoms with van der Waals surface area (Å²) in [4.78, 5) is 39.6. The highest BCUT2D eigenvalue weighted by atomic mass is 16.7. The largest absolute Gasteiger partial charge is 0.494 e. The van der Waals surface area contributed by atoms with Crippen LogP contribution in [0.4, 0.5) is 28.7 Å². The molecule has 12 nitrogen and oxygen atoms in total. The lowest BCUT2D eigenvalue weighted by molar-refractivity contribution is -0.111. The van der Waals surface area contributed by atoms with Gasteiger partial charge in [-0.25, -0.2) is 15.0 Å². The Labute approximate surface area is 276 Å². The number of rotatable bonds is 11. The molecule has 7 rings (SSSR count). The van der Waals surface area contributed by atoms with E-state index in [0.29, 0.717) is 41.4 Å². The standard InChI is InChI=1S/C35H45N9O3/c1-3-35(45)40-29-20-30(39-33-22-34(38-24-37-33)44-28(10-18-47-44)19-25-5-4-11-36-23-25)32(46-2)21-31(29)43-12-8-27(9-13-43)42-16-14-41(15-17-42)26-6-7-26/h3-5,11,20-24,26-28H,1,6-10,12-19H2,2H3,(H,40,45)(H,37,38,39). The van der Waals surface area contributed by atoms with Crippen molar-refractivity contribution in [3.8, 4) is 5.75 Å². The molecular formula is C35H45N9O3. The highest BCUT2D eigenvalue weighted by Crippen LogP contribution is 2.40. The Morgan fingerprint density at radius 3 is 2.45 bits per heavy atom. The minimum atomic E-state index is -0.263. The fourth-order valence-electron chi connectivity index (χ4n) is 7.17. The molecule has 3 aliphatic heterocycles. The molecule has 2 aromatic heterocycles. The van der Waals surface area contributed by atoms with Crippen molar-refractivity contribution >= 4 is 34.6 Å². The van der Waals surface area contributed by atoms with Gasteiger partial charge in [-0.15, -0.1) is 0 Å². The topological polar surface area (TPSA) is 111 Å². The lowest BCUT2D eigenvalue weighted by Crippen LogP contribution is -2.53. The van der Waals surface area contributed by atoms with Crippen molar-refractivity contribution in [1.82, 2.24) is 24.8 Å². The number of ether oxygens (including phenoxy) is 1. The first kappa shape index (κ1) is 31.3. The Morgan fingerprint density at radius 2 is 1.77 bits per heavy atom. The quantitative estimate of drug-likeness (QED) is 0.294. The molecule has 3 saturated heterocycles. The van der Waals surface area contributed by atoms with Crippen molar-refractivity contribution in [2.75, 3.05) is 73.6 Å². The van der Waals surface area contributed by atoms with E-state index in [1.807, 2.05) is 35.5 Å². The lowest BCUT2D eigenvalue weighted by Gasteiger charge is -2.43. The molecule has 1 unspecified atom stereocenters. The maximum absolute atomic E-state index is 12.6. The number of carbonyl (C=O) groups excluding carboxylic acids is 1. The Hall–Kier alpha value is -4.26. The summed E-state index contributed by atoms with van der Waals surface area (Å²) >= 11 is 0. The van der Waals surface area contributed by atoms with Crippen LogP contribution in [0.2, 0.25) is 0 Å². The van der Waals surface area contributed by atoms with E-state index >= 15 is 0 Å². The Balaban J connectivity index is 1.06. The fourth-order valence-corrected chi connectivity index (χ4v) is 7.17. The number of nitrogens with zero attached hydrogens (tertiary/aromatic N) is 7. The minimum absolute atomic E-state index is 0.132. The molecule has 2 N–H and O–H groups in total. The van der Waals surface area contributed by atoms with Crippen LogP contribution in [-0.4, -0.2) is 102 Å². The third-order valence-corrected chi connectivity index (χ3v) is 9.84. The third kappa shape index (κ3) is 7.34. The summed E-state index contributed by atoms with van der Waals surface area (Å²) < 4.78 is 5.88. The molecule has 47 heavy (non-hydrogen) atoms. The van der Waals surface area contributed by atoms with Crippen molar-refractivity contribution in [2.24, 2.45) is 0 Å². The Bertz CT molecular complexity index is 1540. The van der Waals surface area contributed by atoms with Crippen molar-refractivity contribution in [3.63, 3.8) is 0 Å². The molecule has 0 radical (unpaired) electrons. The number of hydrogen-bond donors (Lipinski definition) is 2. The molecule has 4 aliphatic rings. The fraction of sp³-hybridized carbons (Fsp3) is 0.486. The molecule has 1 saturated carbocycles. The molecule has 1 amide bonds. The van der Waals surface area contributed by atoms with Crippen molar-refractivity contribution < 1.29 is 14.4 Å². The number of carbonyl (C=O) groups is 1.